The van der Waals surface area contributed by atoms with Gasteiger partial charge in [-0.1, -0.05) is 18.6 Å². The molecular weight excluding hydrogens is 352 g/mol. The third-order valence-corrected chi connectivity index (χ3v) is 5.54. The van der Waals surface area contributed by atoms with Crippen molar-refractivity contribution in [2.45, 2.75) is 31.8 Å². The van der Waals surface area contributed by atoms with Crippen LogP contribution in [0.5, 0.6) is 0 Å². The van der Waals surface area contributed by atoms with Crippen LogP contribution >= 0.6 is 0 Å². The van der Waals surface area contributed by atoms with Crippen LogP contribution in [0.25, 0.3) is 0 Å². The zero-order chi connectivity index (χ0) is 20.3. The first-order chi connectivity index (χ1) is 13.4. The Hall–Kier alpha value is -2.60. The van der Waals surface area contributed by atoms with E-state index in [-0.39, 0.29) is 17.9 Å². The molecule has 1 atom stereocenters. The molecule has 2 aromatic rings. The molecule has 1 aromatic carbocycles. The predicted octanol–water partition coefficient (Wildman–Crippen LogP) is 2.81. The van der Waals surface area contributed by atoms with Crippen molar-refractivity contribution in [3.63, 3.8) is 0 Å². The van der Waals surface area contributed by atoms with Gasteiger partial charge in [0.25, 0.3) is 11.8 Å². The Morgan fingerprint density at radius 2 is 1.96 bits per heavy atom. The first-order valence-corrected chi connectivity index (χ1v) is 9.84. The molecular formula is C22H30N4O2. The van der Waals surface area contributed by atoms with Crippen LogP contribution in [0.4, 0.5) is 0 Å². The summed E-state index contributed by atoms with van der Waals surface area (Å²) in [5.41, 5.74) is 3.71. The minimum atomic E-state index is -0.0639. The van der Waals surface area contributed by atoms with E-state index in [4.69, 9.17) is 0 Å². The number of carbonyl (C=O) groups excluding carboxylic acids is 2. The average Bonchev–Trinajstić information content (AvgIpc) is 3.08. The molecule has 1 unspecified atom stereocenters. The fourth-order valence-electron chi connectivity index (χ4n) is 4.03. The van der Waals surface area contributed by atoms with E-state index in [2.05, 4.69) is 22.3 Å². The second-order valence-electron chi connectivity index (χ2n) is 7.66. The van der Waals surface area contributed by atoms with E-state index >= 15 is 0 Å². The van der Waals surface area contributed by atoms with Gasteiger partial charge in [0.2, 0.25) is 0 Å². The van der Waals surface area contributed by atoms with Gasteiger partial charge in [-0.2, -0.15) is 0 Å². The third-order valence-electron chi connectivity index (χ3n) is 5.54. The van der Waals surface area contributed by atoms with Gasteiger partial charge >= 0.3 is 0 Å². The van der Waals surface area contributed by atoms with Gasteiger partial charge in [-0.05, 0) is 49.2 Å². The second kappa shape index (κ2) is 8.61. The van der Waals surface area contributed by atoms with E-state index in [0.29, 0.717) is 5.69 Å². The molecule has 6 heteroatoms. The van der Waals surface area contributed by atoms with E-state index in [0.717, 1.165) is 30.6 Å². The lowest BCUT2D eigenvalue weighted by molar-refractivity contribution is 0.0827. The number of hydrogen-bond donors (Lipinski definition) is 1. The van der Waals surface area contributed by atoms with E-state index in [1.807, 2.05) is 35.9 Å². The number of nitrogens with zero attached hydrogens (tertiary/aromatic N) is 3. The van der Waals surface area contributed by atoms with Crippen LogP contribution in [0, 0.1) is 0 Å². The SMILES string of the molecule is CNC(=O)c1ccc(C2CCCCN2Cc2cccc(C(=O)N(C)C)c2)n1C. The van der Waals surface area contributed by atoms with E-state index in [9.17, 15) is 9.59 Å². The summed E-state index contributed by atoms with van der Waals surface area (Å²) in [7, 11) is 7.16. The van der Waals surface area contributed by atoms with Crippen LogP contribution in [-0.2, 0) is 13.6 Å². The predicted molar refractivity (Wildman–Crippen MR) is 110 cm³/mol. The molecule has 6 nitrogen and oxygen atoms in total. The maximum absolute atomic E-state index is 12.3. The standard InChI is InChI=1S/C22H30N4O2/c1-23-21(27)20-12-11-18(25(20)4)19-10-5-6-13-26(19)15-16-8-7-9-17(14-16)22(28)24(2)3/h7-9,11-12,14,19H,5-6,10,13,15H2,1-4H3,(H,23,27). The van der Waals surface area contributed by atoms with Gasteiger partial charge < -0.3 is 14.8 Å². The van der Waals surface area contributed by atoms with Crippen molar-refractivity contribution >= 4 is 11.8 Å². The van der Waals surface area contributed by atoms with Crippen LogP contribution in [0.1, 0.15) is 57.4 Å². The molecule has 2 heterocycles. The first kappa shape index (κ1) is 20.1. The Balaban J connectivity index is 1.83. The molecule has 2 amide bonds. The van der Waals surface area contributed by atoms with Crippen molar-refractivity contribution in [2.75, 3.05) is 27.7 Å². The topological polar surface area (TPSA) is 57.6 Å². The van der Waals surface area contributed by atoms with Gasteiger partial charge in [0, 0.05) is 46.0 Å². The minimum absolute atomic E-state index is 0.0229. The molecule has 0 radical (unpaired) electrons. The molecule has 1 aromatic heterocycles. The van der Waals surface area contributed by atoms with Gasteiger partial charge in [-0.15, -0.1) is 0 Å². The number of piperidine rings is 1. The van der Waals surface area contributed by atoms with Crippen molar-refractivity contribution in [2.24, 2.45) is 7.05 Å². The molecule has 1 aliphatic rings. The lowest BCUT2D eigenvalue weighted by atomic mass is 9.98. The normalized spacial score (nSPS) is 17.4. The number of benzene rings is 1. The Bertz CT molecular complexity index is 856. The Morgan fingerprint density at radius 3 is 2.68 bits per heavy atom. The Labute approximate surface area is 167 Å². The summed E-state index contributed by atoms with van der Waals surface area (Å²) in [6.07, 6.45) is 3.42. The third kappa shape index (κ3) is 4.12. The molecule has 0 saturated carbocycles. The quantitative estimate of drug-likeness (QED) is 0.865. The fourth-order valence-corrected chi connectivity index (χ4v) is 4.03. The Kier molecular flexibility index (Phi) is 6.19. The van der Waals surface area contributed by atoms with Gasteiger partial charge in [0.1, 0.15) is 5.69 Å². The molecule has 1 aliphatic heterocycles. The number of aromatic nitrogens is 1. The van der Waals surface area contributed by atoms with Crippen molar-refractivity contribution < 1.29 is 9.59 Å². The van der Waals surface area contributed by atoms with Crippen molar-refractivity contribution in [3.8, 4) is 0 Å². The summed E-state index contributed by atoms with van der Waals surface area (Å²) in [6, 6.07) is 12.1. The monoisotopic (exact) mass is 382 g/mol. The summed E-state index contributed by atoms with van der Waals surface area (Å²) < 4.78 is 2.01. The highest BCUT2D eigenvalue weighted by Gasteiger charge is 2.27. The summed E-state index contributed by atoms with van der Waals surface area (Å²) in [5, 5.41) is 2.71. The highest BCUT2D eigenvalue weighted by Crippen LogP contribution is 2.33. The maximum atomic E-state index is 12.3. The lowest BCUT2D eigenvalue weighted by Gasteiger charge is -2.36. The second-order valence-corrected chi connectivity index (χ2v) is 7.66. The molecule has 150 valence electrons. The van der Waals surface area contributed by atoms with Gasteiger partial charge in [-0.3, -0.25) is 14.5 Å². The largest absolute Gasteiger partial charge is 0.354 e. The van der Waals surface area contributed by atoms with E-state index in [1.54, 1.807) is 26.0 Å². The molecule has 0 spiro atoms. The van der Waals surface area contributed by atoms with E-state index in [1.165, 1.54) is 18.5 Å². The van der Waals surface area contributed by atoms with Crippen LogP contribution in [0.15, 0.2) is 36.4 Å². The summed E-state index contributed by atoms with van der Waals surface area (Å²) in [5.74, 6) is -0.0410. The van der Waals surface area contributed by atoms with Gasteiger partial charge in [0.05, 0.1) is 6.04 Å². The molecule has 3 rings (SSSR count). The number of amides is 2. The first-order valence-electron chi connectivity index (χ1n) is 9.84. The molecule has 0 aliphatic carbocycles. The van der Waals surface area contributed by atoms with E-state index < -0.39 is 0 Å². The van der Waals surface area contributed by atoms with Crippen LogP contribution < -0.4 is 5.32 Å². The van der Waals surface area contributed by atoms with Crippen molar-refractivity contribution in [1.82, 2.24) is 19.7 Å². The van der Waals surface area contributed by atoms with Crippen molar-refractivity contribution in [3.05, 3.63) is 58.9 Å². The summed E-state index contributed by atoms with van der Waals surface area (Å²) >= 11 is 0. The number of likely N-dealkylation sites (tertiary alicyclic amines) is 1. The number of carbonyl (C=O) groups is 2. The minimum Gasteiger partial charge on any atom is -0.354 e. The highest BCUT2D eigenvalue weighted by atomic mass is 16.2. The van der Waals surface area contributed by atoms with Gasteiger partial charge in [-0.25, -0.2) is 0 Å². The number of rotatable bonds is 5. The smallest absolute Gasteiger partial charge is 0.267 e. The lowest BCUT2D eigenvalue weighted by Crippen LogP contribution is -2.34. The van der Waals surface area contributed by atoms with Crippen LogP contribution in [-0.4, -0.2) is 53.9 Å². The molecule has 28 heavy (non-hydrogen) atoms. The number of hydrogen-bond acceptors (Lipinski definition) is 3. The molecule has 1 N–H and O–H groups in total. The highest BCUT2D eigenvalue weighted by molar-refractivity contribution is 5.94. The van der Waals surface area contributed by atoms with Gasteiger partial charge in [0.15, 0.2) is 0 Å². The Morgan fingerprint density at radius 1 is 1.18 bits per heavy atom. The summed E-state index contributed by atoms with van der Waals surface area (Å²) in [6.45, 7) is 1.80. The molecule has 1 saturated heterocycles. The fraction of sp³-hybridized carbons (Fsp3) is 0.455. The number of nitrogens with one attached hydrogen (secondary N) is 1. The zero-order valence-electron chi connectivity index (χ0n) is 17.2. The van der Waals surface area contributed by atoms with Crippen LogP contribution in [0.3, 0.4) is 0 Å². The summed E-state index contributed by atoms with van der Waals surface area (Å²) in [4.78, 5) is 28.4. The maximum Gasteiger partial charge on any atom is 0.267 e. The van der Waals surface area contributed by atoms with Crippen LogP contribution in [0.2, 0.25) is 0 Å². The zero-order valence-corrected chi connectivity index (χ0v) is 17.2. The average molecular weight is 383 g/mol. The molecule has 0 bridgehead atoms. The molecule has 1 fully saturated rings. The van der Waals surface area contributed by atoms with Crippen molar-refractivity contribution in [1.29, 1.82) is 0 Å².